The minimum atomic E-state index is -0.689. The third-order valence-corrected chi connectivity index (χ3v) is 10.4. The molecule has 0 bridgehead atoms. The number of phenolic OH excluding ortho intramolecular Hbond substituents is 1. The quantitative estimate of drug-likeness (QED) is 0.160. The third kappa shape index (κ3) is 7.59. The van der Waals surface area contributed by atoms with Gasteiger partial charge in [0.2, 0.25) is 5.56 Å². The maximum Gasteiger partial charge on any atom is 0.348 e. The van der Waals surface area contributed by atoms with Crippen molar-refractivity contribution >= 4 is 34.1 Å². The number of aliphatic hydroxyl groups is 1. The van der Waals surface area contributed by atoms with Crippen LogP contribution < -0.4 is 5.56 Å². The van der Waals surface area contributed by atoms with Crippen LogP contribution in [0.2, 0.25) is 0 Å². The van der Waals surface area contributed by atoms with E-state index in [0.717, 1.165) is 51.7 Å². The van der Waals surface area contributed by atoms with E-state index < -0.39 is 12.1 Å². The number of nitrogens with one attached hydrogen (secondary N) is 1. The van der Waals surface area contributed by atoms with Gasteiger partial charge < -0.3 is 29.6 Å². The molecule has 0 unspecified atom stereocenters. The Hall–Kier alpha value is -4.03. The molecule has 0 radical (unpaired) electrons. The van der Waals surface area contributed by atoms with Gasteiger partial charge in [0.15, 0.2) is 0 Å². The fraction of sp³-hybridized carbons (Fsp3) is 0.417. The summed E-state index contributed by atoms with van der Waals surface area (Å²) in [6.45, 7) is 4.22. The summed E-state index contributed by atoms with van der Waals surface area (Å²) < 4.78 is 11.1. The summed E-state index contributed by atoms with van der Waals surface area (Å²) in [5.41, 5.74) is 2.95. The number of esters is 1. The number of hydrogen-bond acceptors (Lipinski definition) is 9. The summed E-state index contributed by atoms with van der Waals surface area (Å²) >= 11 is 1.17. The molecular weight excluding hydrogens is 618 g/mol. The Morgan fingerprint density at radius 1 is 1.02 bits per heavy atom. The second-order valence-electron chi connectivity index (χ2n) is 12.6. The van der Waals surface area contributed by atoms with Crippen LogP contribution in [-0.4, -0.2) is 82.4 Å². The number of methoxy groups -OCH3 is 1. The summed E-state index contributed by atoms with van der Waals surface area (Å²) in [6.07, 6.45) is 4.28. The van der Waals surface area contributed by atoms with Gasteiger partial charge >= 0.3 is 5.97 Å². The number of aryl methyl sites for hydroxylation is 1. The van der Waals surface area contributed by atoms with Crippen LogP contribution >= 0.6 is 11.3 Å². The van der Waals surface area contributed by atoms with E-state index in [9.17, 15) is 24.6 Å². The van der Waals surface area contributed by atoms with Crippen LogP contribution in [0, 0.1) is 0 Å². The molecule has 1 spiro atoms. The number of hydrogen-bond donors (Lipinski definition) is 3. The number of piperidine rings is 1. The molecule has 1 atom stereocenters. The molecule has 11 heteroatoms. The van der Waals surface area contributed by atoms with Gasteiger partial charge in [-0.1, -0.05) is 36.8 Å². The molecule has 0 aliphatic carbocycles. The maximum atomic E-state index is 13.2. The second-order valence-corrected chi connectivity index (χ2v) is 13.6. The molecule has 2 aliphatic rings. The number of likely N-dealkylation sites (tertiary alicyclic amines) is 1. The molecule has 2 aromatic carbocycles. The molecular formula is C36H41N3O7S. The van der Waals surface area contributed by atoms with E-state index in [0.29, 0.717) is 52.3 Å². The van der Waals surface area contributed by atoms with Crippen LogP contribution in [-0.2, 0) is 22.4 Å². The van der Waals surface area contributed by atoms with Crippen LogP contribution in [0.4, 0.5) is 0 Å². The van der Waals surface area contributed by atoms with Crippen LogP contribution in [0.3, 0.4) is 0 Å². The number of rotatable bonds is 10. The summed E-state index contributed by atoms with van der Waals surface area (Å²) in [7, 11) is 1.34. The van der Waals surface area contributed by atoms with E-state index in [1.54, 1.807) is 24.3 Å². The first-order chi connectivity index (χ1) is 22.7. The number of aliphatic hydroxyl groups excluding tert-OH is 1. The molecule has 47 heavy (non-hydrogen) atoms. The molecule has 2 saturated heterocycles. The van der Waals surface area contributed by atoms with E-state index in [-0.39, 0.29) is 22.8 Å². The molecule has 6 rings (SSSR count). The highest BCUT2D eigenvalue weighted by molar-refractivity contribution is 7.15. The minimum Gasteiger partial charge on any atom is -0.506 e. The SMILES string of the molecule is COC(=O)c1ccc(C(=O)N2CCOC3(CCN(Cc4cccc(CCCC[C@H](O)c5ccc(O)c6[nH]c(=O)ccc56)c4)CC3)C2)s1. The van der Waals surface area contributed by atoms with Gasteiger partial charge in [0, 0.05) is 37.6 Å². The van der Waals surface area contributed by atoms with Crippen molar-refractivity contribution in [1.82, 2.24) is 14.8 Å². The van der Waals surface area contributed by atoms with Gasteiger partial charge in [-0.05, 0) is 73.1 Å². The fourth-order valence-corrected chi connectivity index (χ4v) is 7.66. The number of aromatic nitrogens is 1. The highest BCUT2D eigenvalue weighted by atomic mass is 32.1. The molecule has 248 valence electrons. The van der Waals surface area contributed by atoms with E-state index in [4.69, 9.17) is 9.47 Å². The molecule has 2 aromatic heterocycles. The van der Waals surface area contributed by atoms with Crippen LogP contribution in [0.25, 0.3) is 10.9 Å². The zero-order valence-corrected chi connectivity index (χ0v) is 27.4. The topological polar surface area (TPSA) is 132 Å². The van der Waals surface area contributed by atoms with Crippen molar-refractivity contribution in [3.8, 4) is 5.75 Å². The van der Waals surface area contributed by atoms with Crippen molar-refractivity contribution in [3.05, 3.63) is 97.5 Å². The number of H-pyrrole nitrogens is 1. The molecule has 2 aliphatic heterocycles. The Labute approximate surface area is 277 Å². The lowest BCUT2D eigenvalue weighted by Gasteiger charge is -2.47. The number of carbonyl (C=O) groups excluding carboxylic acids is 2. The maximum absolute atomic E-state index is 13.2. The van der Waals surface area contributed by atoms with Crippen molar-refractivity contribution in [2.75, 3.05) is 39.9 Å². The second kappa shape index (κ2) is 14.4. The summed E-state index contributed by atoms with van der Waals surface area (Å²) in [5, 5.41) is 21.7. The lowest BCUT2D eigenvalue weighted by Crippen LogP contribution is -2.57. The van der Waals surface area contributed by atoms with Gasteiger partial charge in [-0.3, -0.25) is 14.5 Å². The molecule has 10 nitrogen and oxygen atoms in total. The Balaban J connectivity index is 0.970. The number of benzene rings is 2. The van der Waals surface area contributed by atoms with Gasteiger partial charge in [0.05, 0.1) is 42.4 Å². The number of nitrogens with zero attached hydrogens (tertiary/aromatic N) is 2. The largest absolute Gasteiger partial charge is 0.506 e. The van der Waals surface area contributed by atoms with Crippen LogP contribution in [0.15, 0.2) is 65.5 Å². The molecule has 2 fully saturated rings. The Morgan fingerprint density at radius 2 is 1.81 bits per heavy atom. The number of unbranched alkanes of at least 4 members (excludes halogenated alkanes) is 1. The van der Waals surface area contributed by atoms with Crippen molar-refractivity contribution in [2.24, 2.45) is 0 Å². The number of aromatic hydroxyl groups is 1. The number of phenols is 1. The van der Waals surface area contributed by atoms with E-state index >= 15 is 0 Å². The first kappa shape index (κ1) is 32.9. The highest BCUT2D eigenvalue weighted by Gasteiger charge is 2.41. The van der Waals surface area contributed by atoms with E-state index in [1.165, 1.54) is 41.7 Å². The van der Waals surface area contributed by atoms with Crippen molar-refractivity contribution in [1.29, 1.82) is 0 Å². The van der Waals surface area contributed by atoms with E-state index in [2.05, 4.69) is 34.1 Å². The van der Waals surface area contributed by atoms with Crippen LogP contribution in [0.5, 0.6) is 5.75 Å². The summed E-state index contributed by atoms with van der Waals surface area (Å²) in [4.78, 5) is 44.7. The van der Waals surface area contributed by atoms with Gasteiger partial charge in [-0.15, -0.1) is 11.3 Å². The standard InChI is InChI=1S/C36H41N3O7S/c1-45-35(44)31-13-12-30(47-31)34(43)39-19-20-46-36(23-39)15-17-38(18-16-36)22-25-7-4-6-24(21-25)5-2-3-8-28(40)26-9-11-29(41)33-27(26)10-14-32(42)37-33/h4,6-7,9-14,21,28,40-41H,2-3,5,8,15-20,22-23H2,1H3,(H,37,42)/t28-/m0/s1. The fourth-order valence-electron chi connectivity index (χ4n) is 6.77. The molecule has 3 N–H and O–H groups in total. The lowest BCUT2D eigenvalue weighted by atomic mass is 9.89. The normalized spacial score (nSPS) is 17.2. The Kier molecular flexibility index (Phi) is 10.1. The number of carbonyl (C=O) groups is 2. The van der Waals surface area contributed by atoms with E-state index in [1.807, 2.05) is 4.90 Å². The Bertz CT molecular complexity index is 1790. The van der Waals surface area contributed by atoms with Crippen LogP contribution in [0.1, 0.15) is 74.2 Å². The van der Waals surface area contributed by atoms with Gasteiger partial charge in [0.25, 0.3) is 5.91 Å². The number of morpholine rings is 1. The number of thiophene rings is 1. The average Bonchev–Trinajstić information content (AvgIpc) is 3.58. The van der Waals surface area contributed by atoms with Gasteiger partial charge in [-0.2, -0.15) is 0 Å². The van der Waals surface area contributed by atoms with Crippen molar-refractivity contribution in [3.63, 3.8) is 0 Å². The number of aromatic amines is 1. The zero-order chi connectivity index (χ0) is 33.0. The summed E-state index contributed by atoms with van der Waals surface area (Å²) in [6, 6.07) is 18.3. The smallest absolute Gasteiger partial charge is 0.348 e. The number of fused-ring (bicyclic) bond motifs is 1. The predicted molar refractivity (Wildman–Crippen MR) is 180 cm³/mol. The summed E-state index contributed by atoms with van der Waals surface area (Å²) in [5.74, 6) is -0.499. The lowest BCUT2D eigenvalue weighted by molar-refractivity contribution is -0.127. The predicted octanol–water partition coefficient (Wildman–Crippen LogP) is 5.04. The zero-order valence-electron chi connectivity index (χ0n) is 26.6. The number of pyridine rings is 1. The van der Waals surface area contributed by atoms with Crippen molar-refractivity contribution < 1.29 is 29.3 Å². The average molecular weight is 660 g/mol. The van der Waals surface area contributed by atoms with Crippen molar-refractivity contribution in [2.45, 2.75) is 56.8 Å². The molecule has 0 saturated carbocycles. The minimum absolute atomic E-state index is 0.00867. The molecule has 1 amide bonds. The first-order valence-corrected chi connectivity index (χ1v) is 17.0. The Morgan fingerprint density at radius 3 is 2.62 bits per heavy atom. The monoisotopic (exact) mass is 659 g/mol. The number of ether oxygens (including phenoxy) is 2. The third-order valence-electron chi connectivity index (χ3n) is 9.36. The number of amides is 1. The first-order valence-electron chi connectivity index (χ1n) is 16.2. The molecule has 4 heterocycles. The van der Waals surface area contributed by atoms with Gasteiger partial charge in [-0.25, -0.2) is 4.79 Å². The highest BCUT2D eigenvalue weighted by Crippen LogP contribution is 2.33. The van der Waals surface area contributed by atoms with Gasteiger partial charge in [0.1, 0.15) is 10.6 Å². The molecule has 4 aromatic rings.